The van der Waals surface area contributed by atoms with E-state index in [0.717, 1.165) is 5.56 Å². The van der Waals surface area contributed by atoms with Gasteiger partial charge in [0.25, 0.3) is 1.43 Å². The van der Waals surface area contributed by atoms with Crippen LogP contribution >= 0.6 is 0 Å². The van der Waals surface area contributed by atoms with Crippen LogP contribution in [0.5, 0.6) is 5.75 Å². The van der Waals surface area contributed by atoms with E-state index in [9.17, 15) is 4.79 Å². The summed E-state index contributed by atoms with van der Waals surface area (Å²) in [5.41, 5.74) is 1.03. The van der Waals surface area contributed by atoms with E-state index in [0.29, 0.717) is 11.3 Å². The summed E-state index contributed by atoms with van der Waals surface area (Å²) >= 11 is 0. The molecule has 0 atom stereocenters. The molecule has 0 bridgehead atoms. The Kier molecular flexibility index (Phi) is 2.12. The SMILES string of the molecule is [2H]Oc1cccc2oc(-c3ccccc3)cc(=O)c12. The van der Waals surface area contributed by atoms with E-state index in [2.05, 4.69) is 5.11 Å². The van der Waals surface area contributed by atoms with Crippen LogP contribution in [0.15, 0.2) is 63.8 Å². The summed E-state index contributed by atoms with van der Waals surface area (Å²) in [5.74, 6) is 0.700. The van der Waals surface area contributed by atoms with Crippen LogP contribution in [0.4, 0.5) is 0 Å². The van der Waals surface area contributed by atoms with Crippen molar-refractivity contribution in [3.63, 3.8) is 0 Å². The van der Waals surface area contributed by atoms with Gasteiger partial charge in [0.05, 0.1) is 0 Å². The Bertz CT molecular complexity index is 778. The molecule has 88 valence electrons. The molecule has 0 spiro atoms. The standard InChI is InChI=1S/C15H10O3/c16-11-7-4-8-13-15(11)12(17)9-14(18-13)10-5-2-1-3-6-10/h1-9,16H/i/hD. The Morgan fingerprint density at radius 2 is 1.89 bits per heavy atom. The predicted molar refractivity (Wildman–Crippen MR) is 69.6 cm³/mol. The molecule has 0 amide bonds. The van der Waals surface area contributed by atoms with Gasteiger partial charge < -0.3 is 9.53 Å². The van der Waals surface area contributed by atoms with E-state index in [1.165, 1.54) is 6.07 Å². The lowest BCUT2D eigenvalue weighted by molar-refractivity contribution is 0.479. The Morgan fingerprint density at radius 3 is 2.67 bits per heavy atom. The Balaban J connectivity index is 2.30. The Labute approximate surface area is 104 Å². The molecule has 1 heterocycles. The van der Waals surface area contributed by atoms with Crippen LogP contribution in [0.2, 0.25) is 0 Å². The quantitative estimate of drug-likeness (QED) is 0.747. The molecular formula is C15H10O3. The van der Waals surface area contributed by atoms with Crippen LogP contribution in [0.1, 0.15) is 0 Å². The van der Waals surface area contributed by atoms with E-state index in [-0.39, 0.29) is 16.6 Å². The van der Waals surface area contributed by atoms with Gasteiger partial charge in [0.1, 0.15) is 22.5 Å². The van der Waals surface area contributed by atoms with Crippen molar-refractivity contribution in [3.05, 3.63) is 64.8 Å². The molecule has 0 saturated carbocycles. The van der Waals surface area contributed by atoms with Crippen LogP contribution in [0, 0.1) is 0 Å². The second-order valence-corrected chi connectivity index (χ2v) is 3.97. The molecule has 3 nitrogen and oxygen atoms in total. The predicted octanol–water partition coefficient (Wildman–Crippen LogP) is 3.17. The molecular weight excluding hydrogens is 228 g/mol. The van der Waals surface area contributed by atoms with Crippen molar-refractivity contribution in [2.24, 2.45) is 0 Å². The molecule has 0 aliphatic rings. The van der Waals surface area contributed by atoms with Crippen molar-refractivity contribution in [1.29, 1.82) is 1.43 Å². The Hall–Kier alpha value is -2.55. The zero-order valence-electron chi connectivity index (χ0n) is 10.4. The fraction of sp³-hybridized carbons (Fsp3) is 0. The summed E-state index contributed by atoms with van der Waals surface area (Å²) in [7, 11) is 0. The summed E-state index contributed by atoms with van der Waals surface area (Å²) < 4.78 is 12.7. The van der Waals surface area contributed by atoms with Crippen molar-refractivity contribution >= 4 is 11.0 Å². The normalized spacial score (nSPS) is 11.2. The first kappa shape index (κ1) is 9.48. The summed E-state index contributed by atoms with van der Waals surface area (Å²) in [6.45, 7) is 0. The van der Waals surface area contributed by atoms with Gasteiger partial charge in [-0.15, -0.1) is 0 Å². The van der Waals surface area contributed by atoms with Crippen molar-refractivity contribution in [2.45, 2.75) is 0 Å². The number of benzene rings is 2. The van der Waals surface area contributed by atoms with Crippen molar-refractivity contribution in [1.82, 2.24) is 0 Å². The highest BCUT2D eigenvalue weighted by molar-refractivity contribution is 5.84. The number of hydrogen-bond donors (Lipinski definition) is 1. The van der Waals surface area contributed by atoms with E-state index >= 15 is 0 Å². The third-order valence-corrected chi connectivity index (χ3v) is 2.77. The van der Waals surface area contributed by atoms with Gasteiger partial charge in [-0.2, -0.15) is 0 Å². The molecule has 0 aliphatic heterocycles. The maximum absolute atomic E-state index is 12.1. The second-order valence-electron chi connectivity index (χ2n) is 3.97. The number of fused-ring (bicyclic) bond motifs is 1. The molecule has 1 aromatic heterocycles. The van der Waals surface area contributed by atoms with Gasteiger partial charge in [-0.1, -0.05) is 36.4 Å². The van der Waals surface area contributed by atoms with Gasteiger partial charge in [-0.05, 0) is 12.1 Å². The van der Waals surface area contributed by atoms with Crippen LogP contribution < -0.4 is 5.43 Å². The fourth-order valence-corrected chi connectivity index (χ4v) is 1.92. The third kappa shape index (κ3) is 1.66. The molecule has 3 rings (SSSR count). The number of rotatable bonds is 2. The lowest BCUT2D eigenvalue weighted by Crippen LogP contribution is -2.00. The minimum atomic E-state index is -0.219. The van der Waals surface area contributed by atoms with Crippen LogP contribution in [-0.2, 0) is 0 Å². The topological polar surface area (TPSA) is 50.4 Å². The van der Waals surface area contributed by atoms with E-state index < -0.39 is 0 Å². The highest BCUT2D eigenvalue weighted by Gasteiger charge is 2.09. The van der Waals surface area contributed by atoms with E-state index in [4.69, 9.17) is 5.85 Å². The average Bonchev–Trinajstić information content (AvgIpc) is 2.47. The maximum atomic E-state index is 12.1. The van der Waals surface area contributed by atoms with Crippen LogP contribution in [-0.4, -0.2) is 6.54 Å². The second kappa shape index (κ2) is 4.04. The van der Waals surface area contributed by atoms with Crippen molar-refractivity contribution in [3.8, 4) is 17.1 Å². The molecule has 0 saturated heterocycles. The molecule has 0 aliphatic carbocycles. The average molecular weight is 239 g/mol. The van der Waals surface area contributed by atoms with Crippen molar-refractivity contribution < 1.29 is 9.53 Å². The zero-order valence-corrected chi connectivity index (χ0v) is 9.42. The fourth-order valence-electron chi connectivity index (χ4n) is 1.92. The molecule has 0 fully saturated rings. The first-order chi connectivity index (χ1) is 9.29. The lowest BCUT2D eigenvalue weighted by Gasteiger charge is -2.03. The Morgan fingerprint density at radius 1 is 1.06 bits per heavy atom. The number of aromatic hydroxyl groups is 1. The zero-order chi connectivity index (χ0) is 13.2. The summed E-state index contributed by atoms with van der Waals surface area (Å²) in [6.07, 6.45) is 0. The minimum absolute atomic E-state index is 0.200. The highest BCUT2D eigenvalue weighted by Crippen LogP contribution is 2.25. The minimum Gasteiger partial charge on any atom is -0.507 e. The number of phenols is 1. The molecule has 1 N–H and O–H groups in total. The van der Waals surface area contributed by atoms with Gasteiger partial charge in [-0.3, -0.25) is 4.79 Å². The molecule has 3 aromatic rings. The van der Waals surface area contributed by atoms with Gasteiger partial charge >= 0.3 is 0 Å². The summed E-state index contributed by atoms with van der Waals surface area (Å²) in [6, 6.07) is 15.7. The molecule has 2 aromatic carbocycles. The summed E-state index contributed by atoms with van der Waals surface area (Å²) in [5, 5.41) is 4.73. The number of hydrogen-bond acceptors (Lipinski definition) is 3. The smallest absolute Gasteiger partial charge is 0.293 e. The first-order valence-corrected chi connectivity index (χ1v) is 5.55. The van der Waals surface area contributed by atoms with Gasteiger partial charge in [0.2, 0.25) is 0 Å². The first-order valence-electron chi connectivity index (χ1n) is 5.96. The van der Waals surface area contributed by atoms with E-state index in [1.807, 2.05) is 30.3 Å². The number of phenolic OH excluding ortho intramolecular Hbond substituents is 1. The highest BCUT2D eigenvalue weighted by atomic mass is 16.3. The van der Waals surface area contributed by atoms with E-state index in [1.54, 1.807) is 18.2 Å². The van der Waals surface area contributed by atoms with Gasteiger partial charge in [-0.25, -0.2) is 0 Å². The molecule has 3 heteroatoms. The lowest BCUT2D eigenvalue weighted by atomic mass is 10.1. The van der Waals surface area contributed by atoms with Crippen molar-refractivity contribution in [2.75, 3.05) is 0 Å². The maximum Gasteiger partial charge on any atom is 0.293 e. The van der Waals surface area contributed by atoms with Crippen LogP contribution in [0.3, 0.4) is 0 Å². The van der Waals surface area contributed by atoms with Gasteiger partial charge in [0, 0.05) is 11.6 Å². The summed E-state index contributed by atoms with van der Waals surface area (Å²) in [4.78, 5) is 12.1. The monoisotopic (exact) mass is 239 g/mol. The largest absolute Gasteiger partial charge is 0.507 e. The van der Waals surface area contributed by atoms with Crippen LogP contribution in [0.25, 0.3) is 22.3 Å². The molecule has 0 radical (unpaired) electrons. The third-order valence-electron chi connectivity index (χ3n) is 2.77. The molecule has 0 unspecified atom stereocenters. The van der Waals surface area contributed by atoms with Gasteiger partial charge in [0.15, 0.2) is 5.43 Å². The molecule has 18 heavy (non-hydrogen) atoms.